The second-order valence-corrected chi connectivity index (χ2v) is 6.48. The van der Waals surface area contributed by atoms with Crippen molar-refractivity contribution in [2.24, 2.45) is 5.92 Å². The quantitative estimate of drug-likeness (QED) is 0.678. The van der Waals surface area contributed by atoms with Crippen molar-refractivity contribution in [2.45, 2.75) is 25.4 Å². The number of carbonyl (C=O) groups is 1. The van der Waals surface area contributed by atoms with Crippen LogP contribution in [0.1, 0.15) is 19.3 Å². The molecule has 2 fully saturated rings. The van der Waals surface area contributed by atoms with Crippen LogP contribution < -0.4 is 0 Å². The van der Waals surface area contributed by atoms with Crippen LogP contribution >= 0.6 is 0 Å². The zero-order chi connectivity index (χ0) is 13.2. The van der Waals surface area contributed by atoms with Crippen molar-refractivity contribution in [3.8, 4) is 0 Å². The molecule has 0 bridgehead atoms. The van der Waals surface area contributed by atoms with E-state index >= 15 is 0 Å². The first-order valence-electron chi connectivity index (χ1n) is 6.20. The number of hydrogen-bond acceptors (Lipinski definition) is 5. The summed E-state index contributed by atoms with van der Waals surface area (Å²) >= 11 is 0. The van der Waals surface area contributed by atoms with Gasteiger partial charge in [0.1, 0.15) is 0 Å². The predicted molar refractivity (Wildman–Crippen MR) is 64.5 cm³/mol. The smallest absolute Gasteiger partial charge is 0.264 e. The first kappa shape index (κ1) is 13.8. The largest absolute Gasteiger partial charge is 0.381 e. The van der Waals surface area contributed by atoms with Crippen molar-refractivity contribution in [2.75, 3.05) is 32.6 Å². The lowest BCUT2D eigenvalue weighted by atomic mass is 9.99. The van der Waals surface area contributed by atoms with E-state index in [1.165, 1.54) is 0 Å². The highest BCUT2D eigenvalue weighted by atomic mass is 32.2. The van der Waals surface area contributed by atoms with Crippen LogP contribution in [0.2, 0.25) is 0 Å². The van der Waals surface area contributed by atoms with Gasteiger partial charge in [0.15, 0.2) is 0 Å². The molecule has 1 atom stereocenters. The van der Waals surface area contributed by atoms with Gasteiger partial charge in [0.25, 0.3) is 10.1 Å². The van der Waals surface area contributed by atoms with E-state index in [1.54, 1.807) is 4.90 Å². The molecule has 0 aromatic carbocycles. The second-order valence-electron chi connectivity index (χ2n) is 4.88. The molecule has 0 aromatic heterocycles. The maximum atomic E-state index is 12.2. The molecule has 2 aliphatic heterocycles. The van der Waals surface area contributed by atoms with E-state index < -0.39 is 10.1 Å². The Morgan fingerprint density at radius 1 is 1.28 bits per heavy atom. The summed E-state index contributed by atoms with van der Waals surface area (Å²) in [5.41, 5.74) is 0. The van der Waals surface area contributed by atoms with Crippen LogP contribution in [0.15, 0.2) is 0 Å². The van der Waals surface area contributed by atoms with Gasteiger partial charge >= 0.3 is 0 Å². The van der Waals surface area contributed by atoms with E-state index in [-0.39, 0.29) is 17.9 Å². The summed E-state index contributed by atoms with van der Waals surface area (Å²) in [7, 11) is -3.44. The van der Waals surface area contributed by atoms with Crippen LogP contribution in [-0.4, -0.2) is 57.9 Å². The summed E-state index contributed by atoms with van der Waals surface area (Å²) in [6.45, 7) is 2.22. The highest BCUT2D eigenvalue weighted by molar-refractivity contribution is 7.86. The van der Waals surface area contributed by atoms with Gasteiger partial charge in [-0.15, -0.1) is 0 Å². The van der Waals surface area contributed by atoms with E-state index in [9.17, 15) is 13.2 Å². The topological polar surface area (TPSA) is 72.9 Å². The van der Waals surface area contributed by atoms with Gasteiger partial charge < -0.3 is 9.64 Å². The van der Waals surface area contributed by atoms with E-state index in [0.29, 0.717) is 32.7 Å². The average Bonchev–Trinajstić information content (AvgIpc) is 2.75. The van der Waals surface area contributed by atoms with Crippen molar-refractivity contribution >= 4 is 16.0 Å². The molecule has 18 heavy (non-hydrogen) atoms. The Labute approximate surface area is 107 Å². The molecule has 6 nitrogen and oxygen atoms in total. The van der Waals surface area contributed by atoms with E-state index in [4.69, 9.17) is 8.92 Å². The van der Waals surface area contributed by atoms with Gasteiger partial charge in [-0.05, 0) is 19.3 Å². The Kier molecular flexibility index (Phi) is 4.24. The maximum absolute atomic E-state index is 12.2. The van der Waals surface area contributed by atoms with Crippen LogP contribution in [0.4, 0.5) is 0 Å². The highest BCUT2D eigenvalue weighted by Crippen LogP contribution is 2.22. The van der Waals surface area contributed by atoms with Crippen LogP contribution in [0, 0.1) is 5.92 Å². The number of nitrogens with zero attached hydrogens (tertiary/aromatic N) is 1. The van der Waals surface area contributed by atoms with Crippen molar-refractivity contribution in [3.63, 3.8) is 0 Å². The van der Waals surface area contributed by atoms with E-state index in [1.807, 2.05) is 0 Å². The molecule has 2 rings (SSSR count). The Bertz CT molecular complexity index is 402. The van der Waals surface area contributed by atoms with Crippen molar-refractivity contribution in [3.05, 3.63) is 0 Å². The summed E-state index contributed by atoms with van der Waals surface area (Å²) in [6.07, 6.45) is 2.75. The van der Waals surface area contributed by atoms with E-state index in [2.05, 4.69) is 0 Å². The monoisotopic (exact) mass is 277 g/mol. The van der Waals surface area contributed by atoms with Gasteiger partial charge in [-0.3, -0.25) is 8.98 Å². The molecular weight excluding hydrogens is 258 g/mol. The van der Waals surface area contributed by atoms with Gasteiger partial charge in [-0.1, -0.05) is 0 Å². The number of amides is 1. The molecule has 1 unspecified atom stereocenters. The third-order valence-corrected chi connectivity index (χ3v) is 3.96. The van der Waals surface area contributed by atoms with Crippen LogP contribution in [0.25, 0.3) is 0 Å². The molecule has 0 N–H and O–H groups in total. The fraction of sp³-hybridized carbons (Fsp3) is 0.909. The molecule has 0 aliphatic carbocycles. The summed E-state index contributed by atoms with van der Waals surface area (Å²) < 4.78 is 32.2. The van der Waals surface area contributed by atoms with Crippen LogP contribution in [0.3, 0.4) is 0 Å². The number of hydrogen-bond donors (Lipinski definition) is 0. The van der Waals surface area contributed by atoms with Crippen LogP contribution in [0.5, 0.6) is 0 Å². The molecule has 0 aromatic rings. The molecule has 0 radical (unpaired) electrons. The highest BCUT2D eigenvalue weighted by Gasteiger charge is 2.33. The maximum Gasteiger partial charge on any atom is 0.264 e. The SMILES string of the molecule is CS(=O)(=O)OC1CCN(C(=O)C2CCOCC2)C1. The first-order chi connectivity index (χ1) is 8.46. The summed E-state index contributed by atoms with van der Waals surface area (Å²) in [5, 5.41) is 0. The molecule has 2 heterocycles. The lowest BCUT2D eigenvalue weighted by Gasteiger charge is -2.26. The van der Waals surface area contributed by atoms with Gasteiger partial charge in [0.2, 0.25) is 5.91 Å². The number of carbonyl (C=O) groups excluding carboxylic acids is 1. The molecule has 7 heteroatoms. The van der Waals surface area contributed by atoms with Gasteiger partial charge in [-0.2, -0.15) is 8.42 Å². The standard InChI is InChI=1S/C11H19NO5S/c1-18(14,15)17-10-2-5-12(8-10)11(13)9-3-6-16-7-4-9/h9-10H,2-8H2,1H3. The summed E-state index contributed by atoms with van der Waals surface area (Å²) in [5.74, 6) is 0.133. The van der Waals surface area contributed by atoms with Crippen molar-refractivity contribution in [1.29, 1.82) is 0 Å². The van der Waals surface area contributed by atoms with Crippen LogP contribution in [-0.2, 0) is 23.8 Å². The van der Waals surface area contributed by atoms with Gasteiger partial charge in [-0.25, -0.2) is 0 Å². The molecular formula is C11H19NO5S. The second kappa shape index (κ2) is 5.54. The molecule has 2 aliphatic rings. The summed E-state index contributed by atoms with van der Waals surface area (Å²) in [6, 6.07) is 0. The molecule has 2 saturated heterocycles. The number of likely N-dealkylation sites (tertiary alicyclic amines) is 1. The fourth-order valence-corrected chi connectivity index (χ4v) is 3.11. The minimum absolute atomic E-state index is 0.0238. The summed E-state index contributed by atoms with van der Waals surface area (Å²) in [4.78, 5) is 13.9. The molecule has 0 spiro atoms. The minimum Gasteiger partial charge on any atom is -0.381 e. The lowest BCUT2D eigenvalue weighted by molar-refractivity contribution is -0.137. The van der Waals surface area contributed by atoms with Gasteiger partial charge in [0, 0.05) is 32.2 Å². The number of ether oxygens (including phenoxy) is 1. The average molecular weight is 277 g/mol. The third-order valence-electron chi connectivity index (χ3n) is 3.34. The fourth-order valence-electron chi connectivity index (χ4n) is 2.46. The molecule has 104 valence electrons. The zero-order valence-electron chi connectivity index (χ0n) is 10.5. The lowest BCUT2D eigenvalue weighted by Crippen LogP contribution is -2.37. The minimum atomic E-state index is -3.44. The molecule has 1 amide bonds. The Balaban J connectivity index is 1.86. The number of rotatable bonds is 3. The third kappa shape index (κ3) is 3.66. The van der Waals surface area contributed by atoms with Crippen molar-refractivity contribution in [1.82, 2.24) is 4.90 Å². The van der Waals surface area contributed by atoms with E-state index in [0.717, 1.165) is 19.1 Å². The normalized spacial score (nSPS) is 26.5. The Hall–Kier alpha value is -0.660. The predicted octanol–water partition coefficient (Wildman–Crippen LogP) is -0.00990. The van der Waals surface area contributed by atoms with Gasteiger partial charge in [0.05, 0.1) is 12.4 Å². The van der Waals surface area contributed by atoms with Crippen molar-refractivity contribution < 1.29 is 22.1 Å². The zero-order valence-corrected chi connectivity index (χ0v) is 11.3. The Morgan fingerprint density at radius 3 is 2.56 bits per heavy atom. The first-order valence-corrected chi connectivity index (χ1v) is 8.02. The molecule has 0 saturated carbocycles. The Morgan fingerprint density at radius 2 is 1.94 bits per heavy atom.